The summed E-state index contributed by atoms with van der Waals surface area (Å²) in [5, 5.41) is 27.6. The van der Waals surface area contributed by atoms with Crippen molar-refractivity contribution in [3.63, 3.8) is 0 Å². The summed E-state index contributed by atoms with van der Waals surface area (Å²) >= 11 is 0. The van der Waals surface area contributed by atoms with E-state index in [1.165, 1.54) is 19.3 Å². The van der Waals surface area contributed by atoms with E-state index in [9.17, 15) is 5.11 Å². The highest BCUT2D eigenvalue weighted by molar-refractivity contribution is 5.79. The number of piperidine rings is 2. The van der Waals surface area contributed by atoms with Crippen molar-refractivity contribution < 1.29 is 5.11 Å². The maximum atomic E-state index is 10.7. The predicted octanol–water partition coefficient (Wildman–Crippen LogP) is 3.45. The van der Waals surface area contributed by atoms with Gasteiger partial charge >= 0.3 is 0 Å². The van der Waals surface area contributed by atoms with Gasteiger partial charge in [0.05, 0.1) is 18.2 Å². The van der Waals surface area contributed by atoms with Gasteiger partial charge in [0.1, 0.15) is 11.3 Å². The number of phenolic OH excluding ortho intramolecular Hbond substituents is 1. The topological polar surface area (TPSA) is 93.7 Å². The molecule has 2 unspecified atom stereocenters. The van der Waals surface area contributed by atoms with E-state index in [0.29, 0.717) is 29.4 Å². The van der Waals surface area contributed by atoms with Crippen molar-refractivity contribution in [3.05, 3.63) is 43.0 Å². The number of aryl methyl sites for hydroxylation is 1. The number of aromatic hydroxyl groups is 1. The molecule has 8 nitrogen and oxygen atoms in total. The number of rotatable bonds is 3. The molecular formula is C23H25N7O. The maximum Gasteiger partial charge on any atom is 0.182 e. The van der Waals surface area contributed by atoms with E-state index in [2.05, 4.69) is 30.2 Å². The fourth-order valence-corrected chi connectivity index (χ4v) is 5.19. The molecule has 2 N–H and O–H groups in total. The number of benzene rings is 1. The van der Waals surface area contributed by atoms with Crippen LogP contribution in [0.25, 0.3) is 33.5 Å². The molecule has 2 fully saturated rings. The number of nitrogens with one attached hydrogen (secondary N) is 1. The van der Waals surface area contributed by atoms with Crippen molar-refractivity contribution in [2.24, 2.45) is 7.05 Å². The lowest BCUT2D eigenvalue weighted by Gasteiger charge is -2.40. The van der Waals surface area contributed by atoms with Crippen LogP contribution in [0.3, 0.4) is 0 Å². The lowest BCUT2D eigenvalue weighted by Crippen LogP contribution is -2.48. The Morgan fingerprint density at radius 2 is 1.90 bits per heavy atom. The highest BCUT2D eigenvalue weighted by atomic mass is 16.3. The van der Waals surface area contributed by atoms with E-state index in [0.717, 1.165) is 35.1 Å². The zero-order chi connectivity index (χ0) is 20.9. The molecule has 2 aliphatic heterocycles. The molecule has 31 heavy (non-hydrogen) atoms. The molecule has 3 aromatic heterocycles. The van der Waals surface area contributed by atoms with E-state index in [4.69, 9.17) is 0 Å². The third-order valence-corrected chi connectivity index (χ3v) is 6.72. The molecule has 0 amide bonds. The number of aromatic nitrogens is 6. The smallest absolute Gasteiger partial charge is 0.182 e. The van der Waals surface area contributed by atoms with Gasteiger partial charge in [0.2, 0.25) is 0 Å². The number of phenols is 1. The zero-order valence-electron chi connectivity index (χ0n) is 17.4. The summed E-state index contributed by atoms with van der Waals surface area (Å²) in [5.41, 5.74) is 4.76. The molecule has 1 aromatic carbocycles. The van der Waals surface area contributed by atoms with Gasteiger partial charge in [-0.2, -0.15) is 5.10 Å². The average Bonchev–Trinajstić information content (AvgIpc) is 3.39. The predicted molar refractivity (Wildman–Crippen MR) is 117 cm³/mol. The minimum atomic E-state index is 0.167. The summed E-state index contributed by atoms with van der Waals surface area (Å²) in [7, 11) is 1.87. The molecule has 6 rings (SSSR count). The Morgan fingerprint density at radius 1 is 1.06 bits per heavy atom. The summed E-state index contributed by atoms with van der Waals surface area (Å²) in [4.78, 5) is 4.62. The molecule has 0 spiro atoms. The monoisotopic (exact) mass is 415 g/mol. The van der Waals surface area contributed by atoms with Gasteiger partial charge in [0.25, 0.3) is 0 Å². The van der Waals surface area contributed by atoms with Gasteiger partial charge in [-0.3, -0.25) is 4.68 Å². The van der Waals surface area contributed by atoms with Crippen molar-refractivity contribution in [1.82, 2.24) is 34.8 Å². The molecule has 2 aliphatic rings. The number of hydrogen-bond acceptors (Lipinski definition) is 6. The molecular weight excluding hydrogens is 390 g/mol. The summed E-state index contributed by atoms with van der Waals surface area (Å²) in [6.45, 7) is 0. The quantitative estimate of drug-likeness (QED) is 0.532. The summed E-state index contributed by atoms with van der Waals surface area (Å²) in [5.74, 6) is 0.167. The molecule has 3 atom stereocenters. The van der Waals surface area contributed by atoms with Gasteiger partial charge in [0, 0.05) is 42.5 Å². The van der Waals surface area contributed by atoms with Gasteiger partial charge in [-0.05, 0) is 49.4 Å². The highest BCUT2D eigenvalue weighted by Crippen LogP contribution is 2.36. The molecule has 5 heterocycles. The van der Waals surface area contributed by atoms with Gasteiger partial charge in [-0.25, -0.2) is 4.98 Å². The summed E-state index contributed by atoms with van der Waals surface area (Å²) in [6.07, 6.45) is 11.7. The van der Waals surface area contributed by atoms with Gasteiger partial charge in [-0.15, -0.1) is 10.2 Å². The van der Waals surface area contributed by atoms with Crippen molar-refractivity contribution in [3.8, 4) is 28.1 Å². The molecule has 0 aliphatic carbocycles. The Balaban J connectivity index is 1.31. The lowest BCUT2D eigenvalue weighted by atomic mass is 9.84. The number of fused-ring (bicyclic) bond motifs is 3. The minimum absolute atomic E-state index is 0.167. The molecule has 0 saturated carbocycles. The zero-order valence-corrected chi connectivity index (χ0v) is 17.4. The third kappa shape index (κ3) is 3.27. The van der Waals surface area contributed by atoms with E-state index < -0.39 is 0 Å². The highest BCUT2D eigenvalue weighted by Gasteiger charge is 2.32. The van der Waals surface area contributed by atoms with Gasteiger partial charge in [0.15, 0.2) is 5.65 Å². The second kappa shape index (κ2) is 7.16. The first-order valence-corrected chi connectivity index (χ1v) is 10.9. The van der Waals surface area contributed by atoms with Crippen LogP contribution in [0.15, 0.2) is 43.0 Å². The van der Waals surface area contributed by atoms with Crippen LogP contribution < -0.4 is 5.32 Å². The van der Waals surface area contributed by atoms with E-state index in [1.807, 2.05) is 37.8 Å². The summed E-state index contributed by atoms with van der Waals surface area (Å²) in [6, 6.07) is 9.09. The van der Waals surface area contributed by atoms with Crippen molar-refractivity contribution in [1.29, 1.82) is 0 Å². The van der Waals surface area contributed by atoms with Crippen LogP contribution in [0.5, 0.6) is 5.75 Å². The minimum Gasteiger partial charge on any atom is -0.507 e. The molecule has 158 valence electrons. The third-order valence-electron chi connectivity index (χ3n) is 6.72. The average molecular weight is 416 g/mol. The molecule has 0 radical (unpaired) electrons. The van der Waals surface area contributed by atoms with Crippen LogP contribution in [-0.2, 0) is 7.05 Å². The van der Waals surface area contributed by atoms with Crippen LogP contribution in [0.2, 0.25) is 0 Å². The number of nitrogens with zero attached hydrogens (tertiary/aromatic N) is 6. The molecule has 4 aromatic rings. The van der Waals surface area contributed by atoms with Crippen molar-refractivity contribution in [2.45, 2.75) is 50.2 Å². The first kappa shape index (κ1) is 18.5. The van der Waals surface area contributed by atoms with Crippen molar-refractivity contribution >= 4 is 11.2 Å². The van der Waals surface area contributed by atoms with Gasteiger partial charge < -0.3 is 15.0 Å². The number of imidazole rings is 1. The van der Waals surface area contributed by atoms with Crippen molar-refractivity contribution in [2.75, 3.05) is 0 Å². The van der Waals surface area contributed by atoms with E-state index in [-0.39, 0.29) is 5.75 Å². The van der Waals surface area contributed by atoms with Crippen LogP contribution in [0.4, 0.5) is 0 Å². The Morgan fingerprint density at radius 3 is 2.65 bits per heavy atom. The van der Waals surface area contributed by atoms with Gasteiger partial charge in [-0.1, -0.05) is 12.5 Å². The van der Waals surface area contributed by atoms with E-state index >= 15 is 0 Å². The maximum absolute atomic E-state index is 10.7. The second-order valence-corrected chi connectivity index (χ2v) is 8.84. The Labute approximate surface area is 179 Å². The Bertz CT molecular complexity index is 1250. The second-order valence-electron chi connectivity index (χ2n) is 8.84. The number of hydrogen-bond donors (Lipinski definition) is 2. The van der Waals surface area contributed by atoms with Crippen LogP contribution in [0.1, 0.15) is 38.1 Å². The van der Waals surface area contributed by atoms with Crippen LogP contribution in [-0.4, -0.2) is 46.7 Å². The Hall–Kier alpha value is -3.26. The Kier molecular flexibility index (Phi) is 4.27. The summed E-state index contributed by atoms with van der Waals surface area (Å²) < 4.78 is 3.94. The standard InChI is InChI=1S/C23H25N7O/c1-29-12-15(11-25-29)14-5-6-19(22(31)7-14)20-10-21-23(28-27-20)30(13-24-21)18-8-16-3-2-4-17(9-18)26-16/h5-7,10-13,16-18,26,31H,2-4,8-9H2,1H3/t16-,17?,18?/m0/s1. The van der Waals surface area contributed by atoms with Crippen LogP contribution >= 0.6 is 0 Å². The SMILES string of the molecule is Cn1cc(-c2ccc(-c3cc4ncn(C5CC6CCC[C@@H](C5)N6)c4nn3)c(O)c2)cn1. The molecule has 2 saturated heterocycles. The normalized spacial score (nSPS) is 23.3. The molecule has 2 bridgehead atoms. The fourth-order valence-electron chi connectivity index (χ4n) is 5.19. The lowest BCUT2D eigenvalue weighted by molar-refractivity contribution is 0.190. The van der Waals surface area contributed by atoms with Crippen LogP contribution in [0, 0.1) is 0 Å². The molecule has 8 heteroatoms. The largest absolute Gasteiger partial charge is 0.507 e. The first-order valence-electron chi connectivity index (χ1n) is 10.9. The van der Waals surface area contributed by atoms with E-state index in [1.54, 1.807) is 16.9 Å². The fraction of sp³-hybridized carbons (Fsp3) is 0.391. The first-order chi connectivity index (χ1) is 15.1.